The molecule has 0 bridgehead atoms. The minimum Gasteiger partial charge on any atom is -0.331 e. The summed E-state index contributed by atoms with van der Waals surface area (Å²) in [7, 11) is 1.62. The van der Waals surface area contributed by atoms with Crippen molar-refractivity contribution in [3.8, 4) is 0 Å². The highest BCUT2D eigenvalue weighted by Crippen LogP contribution is 2.22. The minimum atomic E-state index is -0.909. The van der Waals surface area contributed by atoms with Crippen molar-refractivity contribution in [3.05, 3.63) is 0 Å². The lowest BCUT2D eigenvalue weighted by Crippen LogP contribution is -2.38. The third-order valence-corrected chi connectivity index (χ3v) is 2.83. The van der Waals surface area contributed by atoms with Crippen LogP contribution in [0.2, 0.25) is 0 Å². The molecule has 0 amide bonds. The van der Waals surface area contributed by atoms with Gasteiger partial charge in [-0.05, 0) is 32.6 Å². The van der Waals surface area contributed by atoms with Gasteiger partial charge in [0.15, 0.2) is 0 Å². The van der Waals surface area contributed by atoms with Crippen molar-refractivity contribution in [1.82, 2.24) is 0 Å². The first-order valence-electron chi connectivity index (χ1n) is 7.82. The van der Waals surface area contributed by atoms with E-state index in [1.807, 2.05) is 6.92 Å². The van der Waals surface area contributed by atoms with Gasteiger partial charge in [-0.25, -0.2) is 9.78 Å². The van der Waals surface area contributed by atoms with Gasteiger partial charge in [-0.15, -0.1) is 0 Å². The molecule has 20 heavy (non-hydrogen) atoms. The molecule has 0 aliphatic carbocycles. The summed E-state index contributed by atoms with van der Waals surface area (Å²) in [6.07, 6.45) is 5.56. The number of unbranched alkanes of at least 4 members (excludes halogenated alkanes) is 2. The Labute approximate surface area is 123 Å². The maximum atomic E-state index is 5.71. The predicted octanol–water partition coefficient (Wildman–Crippen LogP) is 3.67. The molecule has 0 aliphatic rings. The molecular weight excluding hydrogens is 260 g/mol. The lowest BCUT2D eigenvalue weighted by molar-refractivity contribution is -0.374. The largest absolute Gasteiger partial charge is 0.331 e. The second-order valence-corrected chi connectivity index (χ2v) is 4.62. The first-order chi connectivity index (χ1) is 9.74. The monoisotopic (exact) mass is 292 g/mol. The van der Waals surface area contributed by atoms with E-state index in [-0.39, 0.29) is 0 Å². The average Bonchev–Trinajstić information content (AvgIpc) is 2.47. The first kappa shape index (κ1) is 19.8. The molecule has 0 rings (SSSR count). The fourth-order valence-electron chi connectivity index (χ4n) is 1.71. The summed E-state index contributed by atoms with van der Waals surface area (Å²) in [6, 6.07) is 0. The van der Waals surface area contributed by atoms with E-state index in [0.29, 0.717) is 32.8 Å². The summed E-state index contributed by atoms with van der Waals surface area (Å²) < 4.78 is 16.8. The fraction of sp³-hybridized carbons (Fsp3) is 1.00. The molecule has 5 nitrogen and oxygen atoms in total. The maximum Gasteiger partial charge on any atom is 0.282 e. The van der Waals surface area contributed by atoms with E-state index in [0.717, 1.165) is 32.1 Å². The van der Waals surface area contributed by atoms with Gasteiger partial charge < -0.3 is 14.2 Å². The van der Waals surface area contributed by atoms with E-state index in [1.54, 1.807) is 7.11 Å². The fourth-order valence-corrected chi connectivity index (χ4v) is 1.71. The van der Waals surface area contributed by atoms with Crippen LogP contribution in [0.15, 0.2) is 0 Å². The quantitative estimate of drug-likeness (QED) is 0.199. The third-order valence-electron chi connectivity index (χ3n) is 2.83. The molecule has 0 aromatic heterocycles. The molecule has 0 fully saturated rings. The molecule has 0 radical (unpaired) electrons. The molecule has 0 N–H and O–H groups in total. The molecule has 122 valence electrons. The molecule has 0 saturated heterocycles. The predicted molar refractivity (Wildman–Crippen MR) is 78.3 cm³/mol. The molecule has 1 unspecified atom stereocenters. The number of hydrogen-bond acceptors (Lipinski definition) is 5. The Kier molecular flexibility index (Phi) is 13.6. The van der Waals surface area contributed by atoms with Gasteiger partial charge in [0.2, 0.25) is 0 Å². The Morgan fingerprint density at radius 1 is 0.750 bits per heavy atom. The Morgan fingerprint density at radius 2 is 1.45 bits per heavy atom. The van der Waals surface area contributed by atoms with E-state index in [2.05, 4.69) is 13.8 Å². The van der Waals surface area contributed by atoms with Crippen LogP contribution in [0, 0.1) is 0 Å². The zero-order chi connectivity index (χ0) is 15.1. The van der Waals surface area contributed by atoms with Gasteiger partial charge in [0.1, 0.15) is 0 Å². The molecule has 0 aromatic carbocycles. The summed E-state index contributed by atoms with van der Waals surface area (Å²) >= 11 is 0. The van der Waals surface area contributed by atoms with E-state index < -0.39 is 5.97 Å². The van der Waals surface area contributed by atoms with Crippen LogP contribution in [-0.4, -0.2) is 39.5 Å². The summed E-state index contributed by atoms with van der Waals surface area (Å²) in [6.45, 7) is 8.57. The van der Waals surface area contributed by atoms with Crippen molar-refractivity contribution in [2.24, 2.45) is 0 Å². The first-order valence-corrected chi connectivity index (χ1v) is 7.82. The van der Waals surface area contributed by atoms with Crippen molar-refractivity contribution in [3.63, 3.8) is 0 Å². The van der Waals surface area contributed by atoms with Gasteiger partial charge in [-0.2, -0.15) is 0 Å². The van der Waals surface area contributed by atoms with Gasteiger partial charge in [-0.3, -0.25) is 0 Å². The van der Waals surface area contributed by atoms with Crippen LogP contribution in [0.4, 0.5) is 0 Å². The number of ether oxygens (including phenoxy) is 3. The zero-order valence-corrected chi connectivity index (χ0v) is 13.6. The number of methoxy groups -OCH3 is 1. The van der Waals surface area contributed by atoms with Crippen LogP contribution >= 0.6 is 0 Å². The molecular formula is C15H32O5. The molecule has 0 heterocycles. The van der Waals surface area contributed by atoms with Crippen molar-refractivity contribution < 1.29 is 24.0 Å². The van der Waals surface area contributed by atoms with Crippen LogP contribution in [-0.2, 0) is 24.0 Å². The molecule has 5 heteroatoms. The van der Waals surface area contributed by atoms with Crippen LogP contribution in [0.5, 0.6) is 0 Å². The molecule has 0 aromatic rings. The van der Waals surface area contributed by atoms with Crippen LogP contribution in [0.1, 0.15) is 59.3 Å². The Morgan fingerprint density at radius 3 is 2.00 bits per heavy atom. The van der Waals surface area contributed by atoms with Crippen molar-refractivity contribution >= 4 is 0 Å². The SMILES string of the molecule is CCCCOOCCCCC(OC)(OCC)OCCC. The van der Waals surface area contributed by atoms with E-state index >= 15 is 0 Å². The average molecular weight is 292 g/mol. The van der Waals surface area contributed by atoms with E-state index in [9.17, 15) is 0 Å². The smallest absolute Gasteiger partial charge is 0.282 e. The Hall–Kier alpha value is -0.200. The lowest BCUT2D eigenvalue weighted by atomic mass is 10.2. The maximum absolute atomic E-state index is 5.71. The Balaban J connectivity index is 3.77. The Bertz CT molecular complexity index is 201. The van der Waals surface area contributed by atoms with E-state index in [1.165, 1.54) is 0 Å². The van der Waals surface area contributed by atoms with Crippen LogP contribution < -0.4 is 0 Å². The number of hydrogen-bond donors (Lipinski definition) is 0. The number of rotatable bonds is 15. The summed E-state index contributed by atoms with van der Waals surface area (Å²) in [5, 5.41) is 0. The highest BCUT2D eigenvalue weighted by molar-refractivity contribution is 4.58. The standard InChI is InChI=1S/C15H32O5/c1-5-8-13-19-20-14-10-9-11-15(16-4,17-7-3)18-12-6-2/h5-14H2,1-4H3. The molecule has 0 saturated carbocycles. The summed E-state index contributed by atoms with van der Waals surface area (Å²) in [5.41, 5.74) is 0. The van der Waals surface area contributed by atoms with Crippen LogP contribution in [0.25, 0.3) is 0 Å². The van der Waals surface area contributed by atoms with Crippen LogP contribution in [0.3, 0.4) is 0 Å². The zero-order valence-electron chi connectivity index (χ0n) is 13.6. The topological polar surface area (TPSA) is 46.2 Å². The minimum absolute atomic E-state index is 0.564. The van der Waals surface area contributed by atoms with Gasteiger partial charge in [-0.1, -0.05) is 20.3 Å². The van der Waals surface area contributed by atoms with Crippen molar-refractivity contribution in [1.29, 1.82) is 0 Å². The second kappa shape index (κ2) is 13.8. The molecule has 0 spiro atoms. The molecule has 0 aliphatic heterocycles. The molecule has 1 atom stereocenters. The van der Waals surface area contributed by atoms with Gasteiger partial charge in [0.05, 0.1) is 19.8 Å². The lowest BCUT2D eigenvalue weighted by Gasteiger charge is -2.31. The van der Waals surface area contributed by atoms with Gasteiger partial charge in [0, 0.05) is 20.1 Å². The van der Waals surface area contributed by atoms with Crippen molar-refractivity contribution in [2.45, 2.75) is 65.3 Å². The highest BCUT2D eigenvalue weighted by atomic mass is 17.2. The second-order valence-electron chi connectivity index (χ2n) is 4.62. The highest BCUT2D eigenvalue weighted by Gasteiger charge is 2.30. The van der Waals surface area contributed by atoms with E-state index in [4.69, 9.17) is 24.0 Å². The normalized spacial score (nSPS) is 14.4. The van der Waals surface area contributed by atoms with Gasteiger partial charge >= 0.3 is 0 Å². The summed E-state index contributed by atoms with van der Waals surface area (Å²) in [5.74, 6) is -0.909. The van der Waals surface area contributed by atoms with Crippen molar-refractivity contribution in [2.75, 3.05) is 33.5 Å². The third kappa shape index (κ3) is 9.66. The van der Waals surface area contributed by atoms with Gasteiger partial charge in [0.25, 0.3) is 5.97 Å². The summed E-state index contributed by atoms with van der Waals surface area (Å²) in [4.78, 5) is 10.2.